The Balaban J connectivity index is 2.86. The summed E-state index contributed by atoms with van der Waals surface area (Å²) >= 11 is 0. The van der Waals surface area contributed by atoms with Gasteiger partial charge in [0, 0.05) is 19.8 Å². The summed E-state index contributed by atoms with van der Waals surface area (Å²) in [4.78, 5) is 35.8. The summed E-state index contributed by atoms with van der Waals surface area (Å²) in [5, 5.41) is 13.6. The Morgan fingerprint density at radius 2 is 2.00 bits per heavy atom. The highest BCUT2D eigenvalue weighted by atomic mass is 19.1. The molecule has 0 heterocycles. The second-order valence-corrected chi connectivity index (χ2v) is 5.72. The number of ether oxygens (including phenoxy) is 1. The van der Waals surface area contributed by atoms with E-state index >= 15 is 0 Å². The zero-order valence-electron chi connectivity index (χ0n) is 14.8. The Bertz CT molecular complexity index is 687. The average Bonchev–Trinajstić information content (AvgIpc) is 2.59. The van der Waals surface area contributed by atoms with Crippen molar-refractivity contribution in [2.75, 3.05) is 7.11 Å². The van der Waals surface area contributed by atoms with Crippen molar-refractivity contribution in [3.63, 3.8) is 0 Å². The van der Waals surface area contributed by atoms with Gasteiger partial charge in [0.25, 0.3) is 0 Å². The van der Waals surface area contributed by atoms with E-state index < -0.39 is 35.7 Å². The van der Waals surface area contributed by atoms with Crippen LogP contribution in [0, 0.1) is 17.1 Å². The summed E-state index contributed by atoms with van der Waals surface area (Å²) in [5.41, 5.74) is 0.526. The van der Waals surface area contributed by atoms with Crippen LogP contribution in [0.15, 0.2) is 24.3 Å². The second kappa shape index (κ2) is 10.8. The Kier molecular flexibility index (Phi) is 8.78. The molecule has 0 aliphatic carbocycles. The number of carbonyl (C=O) groups excluding carboxylic acids is 3. The highest BCUT2D eigenvalue weighted by molar-refractivity contribution is 5.90. The van der Waals surface area contributed by atoms with Crippen molar-refractivity contribution >= 4 is 17.8 Å². The molecule has 0 aliphatic rings. The number of nitriles is 1. The van der Waals surface area contributed by atoms with Gasteiger partial charge < -0.3 is 15.4 Å². The quantitative estimate of drug-likeness (QED) is 0.507. The lowest BCUT2D eigenvalue weighted by molar-refractivity contribution is -0.145. The maximum atomic E-state index is 13.3. The largest absolute Gasteiger partial charge is 0.467 e. The molecule has 140 valence electrons. The van der Waals surface area contributed by atoms with Crippen molar-refractivity contribution in [3.05, 3.63) is 35.6 Å². The number of halogens is 1. The molecule has 2 atom stereocenters. The number of esters is 1. The third kappa shape index (κ3) is 7.30. The number of nitrogens with zero attached hydrogens (tertiary/aromatic N) is 1. The Hall–Kier alpha value is -2.95. The van der Waals surface area contributed by atoms with Crippen LogP contribution in [0.2, 0.25) is 0 Å². The lowest BCUT2D eigenvalue weighted by Crippen LogP contribution is -2.52. The molecule has 0 radical (unpaired) electrons. The van der Waals surface area contributed by atoms with E-state index in [4.69, 9.17) is 5.26 Å². The van der Waals surface area contributed by atoms with Gasteiger partial charge >= 0.3 is 5.97 Å². The number of nitrogens with one attached hydrogen (secondary N) is 2. The first-order valence-electron chi connectivity index (χ1n) is 8.14. The highest BCUT2D eigenvalue weighted by Crippen LogP contribution is 2.08. The molecule has 1 rings (SSSR count). The monoisotopic (exact) mass is 363 g/mol. The van der Waals surface area contributed by atoms with E-state index in [2.05, 4.69) is 15.4 Å². The molecule has 0 aliphatic heterocycles. The number of hydrogen-bond acceptors (Lipinski definition) is 5. The predicted molar refractivity (Wildman–Crippen MR) is 91.1 cm³/mol. The van der Waals surface area contributed by atoms with Crippen LogP contribution in [0.25, 0.3) is 0 Å². The number of benzene rings is 1. The van der Waals surface area contributed by atoms with E-state index in [9.17, 15) is 18.8 Å². The normalized spacial score (nSPS) is 12.4. The van der Waals surface area contributed by atoms with Gasteiger partial charge in [-0.05, 0) is 30.5 Å². The fourth-order valence-corrected chi connectivity index (χ4v) is 2.40. The van der Waals surface area contributed by atoms with Crippen molar-refractivity contribution in [2.24, 2.45) is 0 Å². The van der Waals surface area contributed by atoms with Crippen molar-refractivity contribution in [1.82, 2.24) is 10.6 Å². The standard InChI is InChI=1S/C18H22FN3O4/c1-12(23)21-16(11-13-6-5-7-14(19)10-13)17(24)22-15(18(25)26-2)8-3-4-9-20/h5-7,10,15-16H,3-4,8,11H2,1-2H3,(H,21,23)(H,22,24)/t15-,16-/m1/s1. The molecule has 0 fully saturated rings. The van der Waals surface area contributed by atoms with Crippen molar-refractivity contribution < 1.29 is 23.5 Å². The van der Waals surface area contributed by atoms with Crippen LogP contribution in [0.4, 0.5) is 4.39 Å². The summed E-state index contributed by atoms with van der Waals surface area (Å²) in [6, 6.07) is 5.75. The van der Waals surface area contributed by atoms with Crippen molar-refractivity contribution in [1.29, 1.82) is 5.26 Å². The molecule has 0 unspecified atom stereocenters. The van der Waals surface area contributed by atoms with E-state index in [-0.39, 0.29) is 19.3 Å². The molecule has 8 heteroatoms. The number of rotatable bonds is 9. The number of carbonyl (C=O) groups is 3. The van der Waals surface area contributed by atoms with Crippen LogP contribution in [0.5, 0.6) is 0 Å². The summed E-state index contributed by atoms with van der Waals surface area (Å²) in [5.74, 6) is -2.10. The van der Waals surface area contributed by atoms with Gasteiger partial charge in [-0.15, -0.1) is 0 Å². The van der Waals surface area contributed by atoms with Gasteiger partial charge in [0.05, 0.1) is 13.2 Å². The molecule has 26 heavy (non-hydrogen) atoms. The second-order valence-electron chi connectivity index (χ2n) is 5.72. The molecule has 0 saturated carbocycles. The molecule has 0 saturated heterocycles. The molecule has 0 spiro atoms. The maximum absolute atomic E-state index is 13.3. The van der Waals surface area contributed by atoms with Crippen molar-refractivity contribution in [2.45, 2.75) is 44.7 Å². The molecule has 0 aromatic heterocycles. The third-order valence-electron chi connectivity index (χ3n) is 3.61. The van der Waals surface area contributed by atoms with Gasteiger partial charge in [0.2, 0.25) is 11.8 Å². The molecule has 1 aromatic rings. The van der Waals surface area contributed by atoms with E-state index in [1.165, 1.54) is 32.2 Å². The topological polar surface area (TPSA) is 108 Å². The fraction of sp³-hybridized carbons (Fsp3) is 0.444. The Labute approximate surface area is 151 Å². The van der Waals surface area contributed by atoms with Gasteiger partial charge in [0.15, 0.2) is 0 Å². The van der Waals surface area contributed by atoms with Crippen LogP contribution in [-0.2, 0) is 25.5 Å². The molecule has 1 aromatic carbocycles. The van der Waals surface area contributed by atoms with Gasteiger partial charge in [0.1, 0.15) is 17.9 Å². The number of methoxy groups -OCH3 is 1. The number of hydrogen-bond donors (Lipinski definition) is 2. The zero-order valence-corrected chi connectivity index (χ0v) is 14.8. The molecule has 0 bridgehead atoms. The lowest BCUT2D eigenvalue weighted by Gasteiger charge is -2.22. The Morgan fingerprint density at radius 1 is 1.27 bits per heavy atom. The summed E-state index contributed by atoms with van der Waals surface area (Å²) < 4.78 is 18.0. The van der Waals surface area contributed by atoms with E-state index in [0.717, 1.165) is 0 Å². The first kappa shape index (κ1) is 21.1. The van der Waals surface area contributed by atoms with Gasteiger partial charge in [-0.2, -0.15) is 5.26 Å². The number of unbranched alkanes of at least 4 members (excludes halogenated alkanes) is 1. The minimum absolute atomic E-state index is 0.0647. The van der Waals surface area contributed by atoms with Crippen LogP contribution >= 0.6 is 0 Å². The van der Waals surface area contributed by atoms with Crippen LogP contribution < -0.4 is 10.6 Å². The minimum atomic E-state index is -0.975. The predicted octanol–water partition coefficient (Wildman–Crippen LogP) is 1.22. The van der Waals surface area contributed by atoms with E-state index in [1.807, 2.05) is 6.07 Å². The molecular weight excluding hydrogens is 341 g/mol. The smallest absolute Gasteiger partial charge is 0.328 e. The zero-order chi connectivity index (χ0) is 19.5. The van der Waals surface area contributed by atoms with E-state index in [0.29, 0.717) is 12.0 Å². The molecule has 2 N–H and O–H groups in total. The van der Waals surface area contributed by atoms with Gasteiger partial charge in [-0.25, -0.2) is 9.18 Å². The summed E-state index contributed by atoms with van der Waals surface area (Å²) in [6.45, 7) is 1.26. The molecule has 7 nitrogen and oxygen atoms in total. The maximum Gasteiger partial charge on any atom is 0.328 e. The SMILES string of the molecule is COC(=O)[C@@H](CCCC#N)NC(=O)[C@@H](Cc1cccc(F)c1)NC(C)=O. The summed E-state index contributed by atoms with van der Waals surface area (Å²) in [6.07, 6.45) is 0.945. The minimum Gasteiger partial charge on any atom is -0.467 e. The van der Waals surface area contributed by atoms with Gasteiger partial charge in [-0.3, -0.25) is 9.59 Å². The van der Waals surface area contributed by atoms with E-state index in [1.54, 1.807) is 6.07 Å². The van der Waals surface area contributed by atoms with Crippen molar-refractivity contribution in [3.8, 4) is 6.07 Å². The Morgan fingerprint density at radius 3 is 2.58 bits per heavy atom. The summed E-state index contributed by atoms with van der Waals surface area (Å²) in [7, 11) is 1.20. The lowest BCUT2D eigenvalue weighted by atomic mass is 10.0. The number of amides is 2. The highest BCUT2D eigenvalue weighted by Gasteiger charge is 2.26. The molecule has 2 amide bonds. The first-order chi connectivity index (χ1) is 12.4. The fourth-order valence-electron chi connectivity index (χ4n) is 2.40. The first-order valence-corrected chi connectivity index (χ1v) is 8.14. The average molecular weight is 363 g/mol. The van der Waals surface area contributed by atoms with Gasteiger partial charge in [-0.1, -0.05) is 12.1 Å². The van der Waals surface area contributed by atoms with Crippen LogP contribution in [-0.4, -0.2) is 37.0 Å². The molecular formula is C18H22FN3O4. The van der Waals surface area contributed by atoms with Crippen LogP contribution in [0.3, 0.4) is 0 Å². The van der Waals surface area contributed by atoms with Crippen LogP contribution in [0.1, 0.15) is 31.7 Å². The third-order valence-corrected chi connectivity index (χ3v) is 3.61.